The Bertz CT molecular complexity index is 769. The Morgan fingerprint density at radius 2 is 1.80 bits per heavy atom. The van der Waals surface area contributed by atoms with E-state index < -0.39 is 0 Å². The van der Waals surface area contributed by atoms with Crippen LogP contribution in [0, 0.1) is 0 Å². The maximum absolute atomic E-state index is 11.5. The fourth-order valence-electron chi connectivity index (χ4n) is 1.43. The van der Waals surface area contributed by atoms with E-state index in [1.54, 1.807) is 0 Å². The topological polar surface area (TPSA) is 91.5 Å². The van der Waals surface area contributed by atoms with Crippen molar-refractivity contribution in [1.82, 2.24) is 19.9 Å². The Morgan fingerprint density at radius 1 is 1.07 bits per heavy atom. The third kappa shape index (κ3) is 1.03. The van der Waals surface area contributed by atoms with Crippen LogP contribution in [0.5, 0.6) is 0 Å². The lowest BCUT2D eigenvalue weighted by atomic mass is 10.3. The molecule has 0 aliphatic rings. The number of thiophene rings is 1. The Morgan fingerprint density at radius 3 is 2.67 bits per heavy atom. The number of rotatable bonds is 0. The van der Waals surface area contributed by atoms with Crippen LogP contribution < -0.4 is 11.1 Å². The summed E-state index contributed by atoms with van der Waals surface area (Å²) in [5.74, 6) is 0. The molecule has 15 heavy (non-hydrogen) atoms. The molecule has 0 unspecified atom stereocenters. The van der Waals surface area contributed by atoms with E-state index in [0.29, 0.717) is 20.4 Å². The summed E-state index contributed by atoms with van der Waals surface area (Å²) in [6, 6.07) is 0. The maximum Gasteiger partial charge on any atom is 0.268 e. The average Bonchev–Trinajstić information content (AvgIpc) is 2.59. The van der Waals surface area contributed by atoms with Crippen molar-refractivity contribution in [2.45, 2.75) is 0 Å². The first kappa shape index (κ1) is 8.30. The van der Waals surface area contributed by atoms with Crippen molar-refractivity contribution in [3.63, 3.8) is 0 Å². The second-order valence-electron chi connectivity index (χ2n) is 2.92. The van der Waals surface area contributed by atoms with Gasteiger partial charge in [-0.25, -0.2) is 9.97 Å². The lowest BCUT2D eigenvalue weighted by molar-refractivity contribution is 1.17. The first-order valence-corrected chi connectivity index (χ1v) is 4.92. The van der Waals surface area contributed by atoms with Crippen molar-refractivity contribution in [2.75, 3.05) is 0 Å². The van der Waals surface area contributed by atoms with E-state index in [1.165, 1.54) is 24.0 Å². The van der Waals surface area contributed by atoms with Crippen molar-refractivity contribution in [3.05, 3.63) is 33.4 Å². The molecule has 0 saturated heterocycles. The highest BCUT2D eigenvalue weighted by Crippen LogP contribution is 2.24. The third-order valence-electron chi connectivity index (χ3n) is 2.06. The zero-order valence-corrected chi connectivity index (χ0v) is 8.09. The van der Waals surface area contributed by atoms with Crippen molar-refractivity contribution in [2.24, 2.45) is 0 Å². The fraction of sp³-hybridized carbons (Fsp3) is 0. The van der Waals surface area contributed by atoms with Gasteiger partial charge in [-0.05, 0) is 0 Å². The van der Waals surface area contributed by atoms with Crippen LogP contribution in [-0.2, 0) is 0 Å². The van der Waals surface area contributed by atoms with E-state index >= 15 is 0 Å². The summed E-state index contributed by atoms with van der Waals surface area (Å²) in [5.41, 5.74) is -0.111. The van der Waals surface area contributed by atoms with Crippen LogP contribution in [-0.4, -0.2) is 19.9 Å². The molecule has 0 aliphatic carbocycles. The van der Waals surface area contributed by atoms with Crippen LogP contribution in [0.15, 0.2) is 22.2 Å². The molecule has 0 atom stereocenters. The van der Waals surface area contributed by atoms with Crippen molar-refractivity contribution in [1.29, 1.82) is 0 Å². The molecule has 0 radical (unpaired) electrons. The molecule has 0 aliphatic heterocycles. The minimum absolute atomic E-state index is 0.248. The fourth-order valence-corrected chi connectivity index (χ4v) is 2.42. The molecular weight excluding hydrogens is 216 g/mol. The molecule has 7 heteroatoms. The Kier molecular flexibility index (Phi) is 1.51. The Labute approximate surface area is 85.6 Å². The number of hydrogen-bond acceptors (Lipinski definition) is 5. The summed E-state index contributed by atoms with van der Waals surface area (Å²) in [6.45, 7) is 0. The highest BCUT2D eigenvalue weighted by molar-refractivity contribution is 7.25. The molecule has 0 saturated carbocycles. The molecular formula is C8H4N4O2S. The normalized spacial score (nSPS) is 11.2. The molecule has 0 amide bonds. The third-order valence-corrected chi connectivity index (χ3v) is 3.15. The average molecular weight is 220 g/mol. The molecule has 6 nitrogen and oxygen atoms in total. The van der Waals surface area contributed by atoms with Gasteiger partial charge < -0.3 is 9.97 Å². The summed E-state index contributed by atoms with van der Waals surface area (Å²) in [5, 5.41) is 0.378. The largest absolute Gasteiger partial charge is 0.312 e. The molecule has 3 aromatic heterocycles. The minimum Gasteiger partial charge on any atom is -0.312 e. The zero-order valence-electron chi connectivity index (χ0n) is 7.27. The summed E-state index contributed by atoms with van der Waals surface area (Å²) >= 11 is 1.17. The number of H-pyrrole nitrogens is 2. The first-order valence-electron chi connectivity index (χ1n) is 4.11. The predicted octanol–water partition coefficient (Wildman–Crippen LogP) is 0.221. The second-order valence-corrected chi connectivity index (χ2v) is 3.92. The van der Waals surface area contributed by atoms with E-state index in [-0.39, 0.29) is 11.1 Å². The van der Waals surface area contributed by atoms with Gasteiger partial charge in [0.25, 0.3) is 11.1 Å². The quantitative estimate of drug-likeness (QED) is 0.567. The van der Waals surface area contributed by atoms with Crippen molar-refractivity contribution >= 4 is 31.8 Å². The maximum atomic E-state index is 11.5. The van der Waals surface area contributed by atoms with Gasteiger partial charge in [0.1, 0.15) is 20.4 Å². The van der Waals surface area contributed by atoms with Crippen LogP contribution in [0.4, 0.5) is 0 Å². The SMILES string of the molecule is O=c1[nH]cnc2c1sc1nc[nH]c(=O)c12. The van der Waals surface area contributed by atoms with Gasteiger partial charge in [-0.3, -0.25) is 9.59 Å². The van der Waals surface area contributed by atoms with Crippen molar-refractivity contribution in [3.8, 4) is 0 Å². The van der Waals surface area contributed by atoms with Crippen LogP contribution in [0.1, 0.15) is 0 Å². The van der Waals surface area contributed by atoms with E-state index in [9.17, 15) is 9.59 Å². The highest BCUT2D eigenvalue weighted by Gasteiger charge is 2.12. The number of nitrogens with zero attached hydrogens (tertiary/aromatic N) is 2. The van der Waals surface area contributed by atoms with E-state index in [0.717, 1.165) is 0 Å². The summed E-state index contributed by atoms with van der Waals surface area (Å²) in [7, 11) is 0. The van der Waals surface area contributed by atoms with E-state index in [4.69, 9.17) is 0 Å². The van der Waals surface area contributed by atoms with Crippen LogP contribution in [0.2, 0.25) is 0 Å². The lowest BCUT2D eigenvalue weighted by Gasteiger charge is -1.86. The zero-order chi connectivity index (χ0) is 10.4. The summed E-state index contributed by atoms with van der Waals surface area (Å²) < 4.78 is 0.428. The van der Waals surface area contributed by atoms with Gasteiger partial charge in [0, 0.05) is 0 Å². The molecule has 0 aromatic carbocycles. The van der Waals surface area contributed by atoms with Crippen LogP contribution in [0.25, 0.3) is 20.4 Å². The number of aromatic nitrogens is 4. The van der Waals surface area contributed by atoms with Gasteiger partial charge in [-0.2, -0.15) is 0 Å². The molecule has 3 aromatic rings. The van der Waals surface area contributed by atoms with Gasteiger partial charge >= 0.3 is 0 Å². The van der Waals surface area contributed by atoms with Crippen LogP contribution in [0.3, 0.4) is 0 Å². The first-order chi connectivity index (χ1) is 7.27. The second kappa shape index (κ2) is 2.74. The molecule has 0 spiro atoms. The van der Waals surface area contributed by atoms with E-state index in [1.807, 2.05) is 0 Å². The minimum atomic E-state index is -0.274. The molecule has 2 N–H and O–H groups in total. The van der Waals surface area contributed by atoms with Crippen LogP contribution >= 0.6 is 11.3 Å². The Balaban J connectivity index is 2.78. The van der Waals surface area contributed by atoms with Gasteiger partial charge in [-0.15, -0.1) is 11.3 Å². The van der Waals surface area contributed by atoms with Gasteiger partial charge in [0.15, 0.2) is 0 Å². The summed E-state index contributed by atoms with van der Waals surface area (Å²) in [4.78, 5) is 36.4. The highest BCUT2D eigenvalue weighted by atomic mass is 32.1. The molecule has 3 heterocycles. The number of aromatic amines is 2. The monoisotopic (exact) mass is 220 g/mol. The van der Waals surface area contributed by atoms with Gasteiger partial charge in [-0.1, -0.05) is 0 Å². The van der Waals surface area contributed by atoms with Gasteiger partial charge in [0.2, 0.25) is 0 Å². The number of fused-ring (bicyclic) bond motifs is 3. The number of nitrogens with one attached hydrogen (secondary N) is 2. The van der Waals surface area contributed by atoms with Crippen molar-refractivity contribution < 1.29 is 0 Å². The number of hydrogen-bond donors (Lipinski definition) is 2. The molecule has 0 bridgehead atoms. The molecule has 74 valence electrons. The predicted molar refractivity (Wildman–Crippen MR) is 56.2 cm³/mol. The summed E-state index contributed by atoms with van der Waals surface area (Å²) in [6.07, 6.45) is 2.59. The van der Waals surface area contributed by atoms with Gasteiger partial charge in [0.05, 0.1) is 12.7 Å². The standard InChI is InChI=1S/C8H4N4O2S/c13-6-3-4-5(7(14)11-1-9-4)15-8(3)12-2-10-6/h1-2H,(H,9,11,14)(H,10,12,13). The lowest BCUT2D eigenvalue weighted by Crippen LogP contribution is -2.07. The molecule has 0 fully saturated rings. The smallest absolute Gasteiger partial charge is 0.268 e. The Hall–Kier alpha value is -2.02. The van der Waals surface area contributed by atoms with E-state index in [2.05, 4.69) is 19.9 Å². The molecule has 3 rings (SSSR count).